The van der Waals surface area contributed by atoms with Gasteiger partial charge in [0.1, 0.15) is 0 Å². The first-order valence-corrected chi connectivity index (χ1v) is 9.46. The maximum atomic E-state index is 5.65. The fourth-order valence-corrected chi connectivity index (χ4v) is 2.58. The average Bonchev–Trinajstić information content (AvgIpc) is 3.38. The standard InChI is InChI=1S/C18H38N4O/c1-5-22(6-2)13-7-9-16(3)21-18(19-4)20-12-8-14-23-15-17-10-11-17/h16-17H,5-15H2,1-4H3,(H2,19,20,21). The molecule has 0 amide bonds. The van der Waals surface area contributed by atoms with Crippen LogP contribution < -0.4 is 10.6 Å². The van der Waals surface area contributed by atoms with Crippen LogP contribution in [0.3, 0.4) is 0 Å². The Kier molecular flexibility index (Phi) is 11.1. The van der Waals surface area contributed by atoms with Crippen molar-refractivity contribution in [2.24, 2.45) is 10.9 Å². The number of hydrogen-bond donors (Lipinski definition) is 2. The van der Waals surface area contributed by atoms with E-state index in [-0.39, 0.29) is 0 Å². The summed E-state index contributed by atoms with van der Waals surface area (Å²) in [7, 11) is 1.83. The molecule has 5 nitrogen and oxygen atoms in total. The molecule has 0 bridgehead atoms. The normalized spacial score (nSPS) is 16.7. The van der Waals surface area contributed by atoms with Crippen molar-refractivity contribution in [1.29, 1.82) is 0 Å². The average molecular weight is 327 g/mol. The summed E-state index contributed by atoms with van der Waals surface area (Å²) in [4.78, 5) is 6.78. The molecular formula is C18H38N4O. The van der Waals surface area contributed by atoms with E-state index in [0.717, 1.165) is 51.1 Å². The van der Waals surface area contributed by atoms with Gasteiger partial charge in [0.05, 0.1) is 0 Å². The molecule has 23 heavy (non-hydrogen) atoms. The van der Waals surface area contributed by atoms with E-state index < -0.39 is 0 Å². The maximum Gasteiger partial charge on any atom is 0.191 e. The minimum absolute atomic E-state index is 0.447. The third kappa shape index (κ3) is 10.6. The van der Waals surface area contributed by atoms with Crippen LogP contribution in [0, 0.1) is 5.92 Å². The van der Waals surface area contributed by atoms with E-state index in [0.29, 0.717) is 6.04 Å². The monoisotopic (exact) mass is 326 g/mol. The highest BCUT2D eigenvalue weighted by atomic mass is 16.5. The lowest BCUT2D eigenvalue weighted by Crippen LogP contribution is -2.43. The molecule has 5 heteroatoms. The van der Waals surface area contributed by atoms with Crippen molar-refractivity contribution < 1.29 is 4.74 Å². The molecule has 0 aromatic rings. The Morgan fingerprint density at radius 2 is 2.00 bits per heavy atom. The first-order chi connectivity index (χ1) is 11.2. The van der Waals surface area contributed by atoms with Crippen molar-refractivity contribution >= 4 is 5.96 Å². The van der Waals surface area contributed by atoms with Gasteiger partial charge in [-0.15, -0.1) is 0 Å². The van der Waals surface area contributed by atoms with Crippen LogP contribution in [-0.4, -0.2) is 63.3 Å². The zero-order valence-corrected chi connectivity index (χ0v) is 15.7. The number of rotatable bonds is 13. The van der Waals surface area contributed by atoms with Crippen LogP contribution in [0.5, 0.6) is 0 Å². The van der Waals surface area contributed by atoms with Crippen LogP contribution >= 0.6 is 0 Å². The molecule has 1 saturated carbocycles. The summed E-state index contributed by atoms with van der Waals surface area (Å²) in [5.74, 6) is 1.76. The van der Waals surface area contributed by atoms with Crippen LogP contribution in [0.15, 0.2) is 4.99 Å². The number of nitrogens with zero attached hydrogens (tertiary/aromatic N) is 2. The number of ether oxygens (including phenoxy) is 1. The summed E-state index contributed by atoms with van der Waals surface area (Å²) >= 11 is 0. The molecule has 1 atom stereocenters. The van der Waals surface area contributed by atoms with E-state index in [1.54, 1.807) is 0 Å². The summed E-state index contributed by atoms with van der Waals surface area (Å²) in [5, 5.41) is 6.85. The largest absolute Gasteiger partial charge is 0.381 e. The van der Waals surface area contributed by atoms with Gasteiger partial charge < -0.3 is 20.3 Å². The minimum atomic E-state index is 0.447. The summed E-state index contributed by atoms with van der Waals surface area (Å²) in [5.41, 5.74) is 0. The first kappa shape index (κ1) is 20.2. The third-order valence-electron chi connectivity index (χ3n) is 4.42. The van der Waals surface area contributed by atoms with E-state index in [4.69, 9.17) is 4.74 Å². The molecule has 0 aromatic carbocycles. The third-order valence-corrected chi connectivity index (χ3v) is 4.42. The van der Waals surface area contributed by atoms with E-state index in [1.807, 2.05) is 7.05 Å². The SMILES string of the molecule is CCN(CC)CCCC(C)NC(=NC)NCCCOCC1CC1. The van der Waals surface area contributed by atoms with E-state index in [1.165, 1.54) is 32.2 Å². The van der Waals surface area contributed by atoms with Gasteiger partial charge in [0, 0.05) is 32.8 Å². The van der Waals surface area contributed by atoms with Crippen molar-refractivity contribution in [3.63, 3.8) is 0 Å². The Bertz CT molecular complexity index is 314. The molecule has 0 aliphatic heterocycles. The predicted molar refractivity (Wildman–Crippen MR) is 99.1 cm³/mol. The number of hydrogen-bond acceptors (Lipinski definition) is 3. The summed E-state index contributed by atoms with van der Waals surface area (Å²) < 4.78 is 5.65. The van der Waals surface area contributed by atoms with Gasteiger partial charge in [-0.25, -0.2) is 0 Å². The van der Waals surface area contributed by atoms with E-state index in [9.17, 15) is 0 Å². The van der Waals surface area contributed by atoms with Crippen LogP contribution in [-0.2, 0) is 4.74 Å². The summed E-state index contributed by atoms with van der Waals surface area (Å²) in [6.45, 7) is 12.9. The molecule has 0 aromatic heterocycles. The Balaban J connectivity index is 2.02. The van der Waals surface area contributed by atoms with Gasteiger partial charge in [0.2, 0.25) is 0 Å². The molecule has 1 aliphatic rings. The van der Waals surface area contributed by atoms with Crippen molar-refractivity contribution in [2.45, 2.75) is 58.9 Å². The molecule has 1 aliphatic carbocycles. The topological polar surface area (TPSA) is 48.9 Å². The fourth-order valence-electron chi connectivity index (χ4n) is 2.58. The van der Waals surface area contributed by atoms with E-state index in [2.05, 4.69) is 41.3 Å². The van der Waals surface area contributed by atoms with Gasteiger partial charge in [-0.05, 0) is 64.6 Å². The molecule has 136 valence electrons. The van der Waals surface area contributed by atoms with Crippen molar-refractivity contribution in [1.82, 2.24) is 15.5 Å². The first-order valence-electron chi connectivity index (χ1n) is 9.46. The molecule has 2 N–H and O–H groups in total. The van der Waals surface area contributed by atoms with Crippen molar-refractivity contribution in [3.8, 4) is 0 Å². The van der Waals surface area contributed by atoms with Gasteiger partial charge in [-0.1, -0.05) is 13.8 Å². The zero-order valence-electron chi connectivity index (χ0n) is 15.7. The molecule has 1 unspecified atom stereocenters. The molecular weight excluding hydrogens is 288 g/mol. The highest BCUT2D eigenvalue weighted by molar-refractivity contribution is 5.79. The lowest BCUT2D eigenvalue weighted by molar-refractivity contribution is 0.123. The van der Waals surface area contributed by atoms with Gasteiger partial charge in [-0.2, -0.15) is 0 Å². The van der Waals surface area contributed by atoms with Crippen molar-refractivity contribution in [3.05, 3.63) is 0 Å². The van der Waals surface area contributed by atoms with Crippen LogP contribution in [0.2, 0.25) is 0 Å². The summed E-state index contributed by atoms with van der Waals surface area (Å²) in [6.07, 6.45) is 6.15. The quantitative estimate of drug-likeness (QED) is 0.310. The predicted octanol–water partition coefficient (Wildman–Crippen LogP) is 2.48. The molecule has 0 saturated heterocycles. The Hall–Kier alpha value is -0.810. The summed E-state index contributed by atoms with van der Waals surface area (Å²) in [6, 6.07) is 0.447. The van der Waals surface area contributed by atoms with Crippen LogP contribution in [0.25, 0.3) is 0 Å². The number of nitrogens with one attached hydrogen (secondary N) is 2. The second-order valence-electron chi connectivity index (χ2n) is 6.59. The Labute approximate surface area is 143 Å². The number of aliphatic imine (C=N–C) groups is 1. The van der Waals surface area contributed by atoms with Crippen LogP contribution in [0.1, 0.15) is 52.9 Å². The molecule has 1 rings (SSSR count). The minimum Gasteiger partial charge on any atom is -0.381 e. The lowest BCUT2D eigenvalue weighted by atomic mass is 10.2. The number of guanidine groups is 1. The lowest BCUT2D eigenvalue weighted by Gasteiger charge is -2.21. The Morgan fingerprint density at radius 1 is 1.26 bits per heavy atom. The van der Waals surface area contributed by atoms with Gasteiger partial charge in [-0.3, -0.25) is 4.99 Å². The van der Waals surface area contributed by atoms with Gasteiger partial charge >= 0.3 is 0 Å². The highest BCUT2D eigenvalue weighted by Crippen LogP contribution is 2.28. The fraction of sp³-hybridized carbons (Fsp3) is 0.944. The van der Waals surface area contributed by atoms with Gasteiger partial charge in [0.25, 0.3) is 0 Å². The molecule has 1 fully saturated rings. The maximum absolute atomic E-state index is 5.65. The van der Waals surface area contributed by atoms with Gasteiger partial charge in [0.15, 0.2) is 5.96 Å². The molecule has 0 heterocycles. The molecule has 0 radical (unpaired) electrons. The zero-order chi connectivity index (χ0) is 16.9. The molecule has 0 spiro atoms. The second-order valence-corrected chi connectivity index (χ2v) is 6.59. The Morgan fingerprint density at radius 3 is 2.61 bits per heavy atom. The van der Waals surface area contributed by atoms with Crippen LogP contribution in [0.4, 0.5) is 0 Å². The smallest absolute Gasteiger partial charge is 0.191 e. The van der Waals surface area contributed by atoms with Crippen molar-refractivity contribution in [2.75, 3.05) is 46.4 Å². The highest BCUT2D eigenvalue weighted by Gasteiger charge is 2.20. The van der Waals surface area contributed by atoms with E-state index >= 15 is 0 Å². The second kappa shape index (κ2) is 12.6.